The Labute approximate surface area is 150 Å². The number of rotatable bonds is 2. The second-order valence-corrected chi connectivity index (χ2v) is 8.89. The Balaban J connectivity index is 1.63. The third-order valence-electron chi connectivity index (χ3n) is 4.70. The molecule has 2 aliphatic heterocycles. The fourth-order valence-corrected chi connectivity index (χ4v) is 3.89. The Morgan fingerprint density at radius 1 is 1.24 bits per heavy atom. The first-order valence-corrected chi connectivity index (χ1v) is 9.24. The predicted octanol–water partition coefficient (Wildman–Crippen LogP) is 2.32. The van der Waals surface area contributed by atoms with Crippen molar-refractivity contribution in [1.82, 2.24) is 25.0 Å². The monoisotopic (exact) mass is 349 g/mol. The van der Waals surface area contributed by atoms with E-state index in [0.717, 1.165) is 24.5 Å². The van der Waals surface area contributed by atoms with Crippen LogP contribution in [0.3, 0.4) is 0 Å². The van der Waals surface area contributed by atoms with Crippen LogP contribution in [0.4, 0.5) is 4.79 Å². The number of ether oxygens (including phenoxy) is 1. The lowest BCUT2D eigenvalue weighted by Gasteiger charge is -2.47. The molecule has 1 aromatic heterocycles. The molecular weight excluding hydrogens is 318 g/mol. The number of aromatic nitrogens is 3. The number of carbonyl (C=O) groups is 1. The zero-order valence-corrected chi connectivity index (χ0v) is 16.3. The fourth-order valence-electron chi connectivity index (χ4n) is 3.89. The molecule has 1 N–H and O–H groups in total. The molecule has 2 aliphatic rings. The molecule has 140 valence electrons. The molecule has 1 atom stereocenters. The standard InChI is InChI=1S/C18H31N5O2/c1-12(2)15-20-14-8-7-13(9-23(14)21-15)19-16(24)22-10-17(3,4)25-18(5,6)11-22/h12-13H,7-11H2,1-6H3,(H,19,24)/t13-/m0/s1. The van der Waals surface area contributed by atoms with E-state index in [1.807, 2.05) is 37.3 Å². The van der Waals surface area contributed by atoms with Crippen molar-refractivity contribution in [2.45, 2.75) is 84.1 Å². The molecule has 2 amide bonds. The predicted molar refractivity (Wildman–Crippen MR) is 95.6 cm³/mol. The molecule has 0 radical (unpaired) electrons. The summed E-state index contributed by atoms with van der Waals surface area (Å²) in [7, 11) is 0. The SMILES string of the molecule is CC(C)c1nc2n(n1)C[C@@H](NC(=O)N1CC(C)(C)OC(C)(C)C1)CC2. The number of hydrogen-bond acceptors (Lipinski definition) is 4. The maximum Gasteiger partial charge on any atom is 0.317 e. The van der Waals surface area contributed by atoms with Crippen molar-refractivity contribution < 1.29 is 9.53 Å². The maximum absolute atomic E-state index is 12.8. The third kappa shape index (κ3) is 4.14. The quantitative estimate of drug-likeness (QED) is 0.889. The van der Waals surface area contributed by atoms with Crippen molar-refractivity contribution in [3.05, 3.63) is 11.6 Å². The van der Waals surface area contributed by atoms with Gasteiger partial charge in [0.05, 0.1) is 36.9 Å². The van der Waals surface area contributed by atoms with E-state index in [2.05, 4.69) is 29.2 Å². The maximum atomic E-state index is 12.8. The largest absolute Gasteiger partial charge is 0.366 e. The summed E-state index contributed by atoms with van der Waals surface area (Å²) in [5, 5.41) is 7.77. The summed E-state index contributed by atoms with van der Waals surface area (Å²) < 4.78 is 8.01. The van der Waals surface area contributed by atoms with Crippen LogP contribution >= 0.6 is 0 Å². The molecule has 1 saturated heterocycles. The van der Waals surface area contributed by atoms with Crippen LogP contribution in [0.25, 0.3) is 0 Å². The summed E-state index contributed by atoms with van der Waals surface area (Å²) in [5.41, 5.74) is -0.673. The zero-order chi connectivity index (χ0) is 18.4. The molecule has 0 unspecified atom stereocenters. The van der Waals surface area contributed by atoms with Crippen LogP contribution in [0.2, 0.25) is 0 Å². The van der Waals surface area contributed by atoms with Gasteiger partial charge in [-0.1, -0.05) is 13.8 Å². The number of hydrogen-bond donors (Lipinski definition) is 1. The molecule has 0 saturated carbocycles. The van der Waals surface area contributed by atoms with E-state index in [1.54, 1.807) is 0 Å². The van der Waals surface area contributed by atoms with Gasteiger partial charge in [-0.25, -0.2) is 14.5 Å². The first kappa shape index (κ1) is 18.2. The van der Waals surface area contributed by atoms with Gasteiger partial charge >= 0.3 is 6.03 Å². The molecule has 3 heterocycles. The van der Waals surface area contributed by atoms with Gasteiger partial charge in [0, 0.05) is 12.3 Å². The Hall–Kier alpha value is -1.63. The highest BCUT2D eigenvalue weighted by atomic mass is 16.5. The van der Waals surface area contributed by atoms with Crippen LogP contribution in [0.5, 0.6) is 0 Å². The fraction of sp³-hybridized carbons (Fsp3) is 0.833. The summed E-state index contributed by atoms with van der Waals surface area (Å²) >= 11 is 0. The van der Waals surface area contributed by atoms with E-state index in [4.69, 9.17) is 4.74 Å². The number of nitrogens with zero attached hydrogens (tertiary/aromatic N) is 4. The smallest absolute Gasteiger partial charge is 0.317 e. The lowest BCUT2D eigenvalue weighted by atomic mass is 9.99. The van der Waals surface area contributed by atoms with Gasteiger partial charge in [0.25, 0.3) is 0 Å². The number of morpholine rings is 1. The van der Waals surface area contributed by atoms with Gasteiger partial charge in [0.15, 0.2) is 5.82 Å². The van der Waals surface area contributed by atoms with E-state index < -0.39 is 0 Å². The molecule has 25 heavy (non-hydrogen) atoms. The van der Waals surface area contributed by atoms with Crippen molar-refractivity contribution >= 4 is 6.03 Å². The summed E-state index contributed by atoms with van der Waals surface area (Å²) in [6, 6.07) is 0.0814. The Morgan fingerprint density at radius 3 is 2.48 bits per heavy atom. The number of carbonyl (C=O) groups excluding carboxylic acids is 1. The van der Waals surface area contributed by atoms with Crippen molar-refractivity contribution in [1.29, 1.82) is 0 Å². The average molecular weight is 349 g/mol. The highest BCUT2D eigenvalue weighted by molar-refractivity contribution is 5.75. The molecule has 1 fully saturated rings. The number of aryl methyl sites for hydroxylation is 1. The van der Waals surface area contributed by atoms with Gasteiger partial charge in [-0.3, -0.25) is 0 Å². The van der Waals surface area contributed by atoms with Crippen LogP contribution < -0.4 is 5.32 Å². The topological polar surface area (TPSA) is 72.3 Å². The molecule has 3 rings (SSSR count). The lowest BCUT2D eigenvalue weighted by molar-refractivity contribution is -0.170. The third-order valence-corrected chi connectivity index (χ3v) is 4.70. The Morgan fingerprint density at radius 2 is 1.88 bits per heavy atom. The van der Waals surface area contributed by atoms with Crippen molar-refractivity contribution in [3.8, 4) is 0 Å². The number of fused-ring (bicyclic) bond motifs is 1. The van der Waals surface area contributed by atoms with Crippen molar-refractivity contribution in [2.24, 2.45) is 0 Å². The summed E-state index contributed by atoms with van der Waals surface area (Å²) in [6.07, 6.45) is 1.75. The van der Waals surface area contributed by atoms with Crippen LogP contribution in [-0.4, -0.2) is 56.0 Å². The zero-order valence-electron chi connectivity index (χ0n) is 16.3. The minimum Gasteiger partial charge on any atom is -0.366 e. The van der Waals surface area contributed by atoms with E-state index in [0.29, 0.717) is 25.6 Å². The Kier molecular flexibility index (Phi) is 4.56. The number of urea groups is 1. The number of amides is 2. The summed E-state index contributed by atoms with van der Waals surface area (Å²) in [5.74, 6) is 2.24. The molecule has 7 heteroatoms. The van der Waals surface area contributed by atoms with Gasteiger partial charge in [0.1, 0.15) is 5.82 Å². The van der Waals surface area contributed by atoms with Gasteiger partial charge in [0.2, 0.25) is 0 Å². The first-order valence-electron chi connectivity index (χ1n) is 9.24. The second kappa shape index (κ2) is 6.27. The van der Waals surface area contributed by atoms with E-state index in [-0.39, 0.29) is 23.3 Å². The van der Waals surface area contributed by atoms with Gasteiger partial charge in [-0.05, 0) is 34.1 Å². The number of nitrogens with one attached hydrogen (secondary N) is 1. The van der Waals surface area contributed by atoms with E-state index in [9.17, 15) is 4.79 Å². The van der Waals surface area contributed by atoms with Crippen LogP contribution in [0.1, 0.15) is 65.5 Å². The highest BCUT2D eigenvalue weighted by Crippen LogP contribution is 2.28. The molecule has 7 nitrogen and oxygen atoms in total. The molecule has 0 spiro atoms. The molecule has 0 aliphatic carbocycles. The Bertz CT molecular complexity index is 634. The second-order valence-electron chi connectivity index (χ2n) is 8.89. The van der Waals surface area contributed by atoms with Crippen LogP contribution in [0.15, 0.2) is 0 Å². The molecule has 1 aromatic rings. The van der Waals surface area contributed by atoms with Crippen LogP contribution in [-0.2, 0) is 17.7 Å². The molecule has 0 bridgehead atoms. The molecular formula is C18H31N5O2. The van der Waals surface area contributed by atoms with E-state index in [1.165, 1.54) is 0 Å². The minimum absolute atomic E-state index is 0.0119. The van der Waals surface area contributed by atoms with Gasteiger partial charge < -0.3 is 15.0 Å². The minimum atomic E-state index is -0.336. The first-order chi connectivity index (χ1) is 11.5. The lowest BCUT2D eigenvalue weighted by Crippen LogP contribution is -2.61. The van der Waals surface area contributed by atoms with Gasteiger partial charge in [-0.15, -0.1) is 0 Å². The summed E-state index contributed by atoms with van der Waals surface area (Å²) in [6.45, 7) is 14.2. The highest BCUT2D eigenvalue weighted by Gasteiger charge is 2.40. The van der Waals surface area contributed by atoms with Gasteiger partial charge in [-0.2, -0.15) is 5.10 Å². The van der Waals surface area contributed by atoms with Crippen molar-refractivity contribution in [3.63, 3.8) is 0 Å². The average Bonchev–Trinajstić information content (AvgIpc) is 2.87. The molecule has 0 aromatic carbocycles. The van der Waals surface area contributed by atoms with E-state index >= 15 is 0 Å². The van der Waals surface area contributed by atoms with Crippen LogP contribution in [0, 0.1) is 0 Å². The van der Waals surface area contributed by atoms with Crippen molar-refractivity contribution in [2.75, 3.05) is 13.1 Å². The summed E-state index contributed by atoms with van der Waals surface area (Å²) in [4.78, 5) is 19.3. The normalized spacial score (nSPS) is 24.9.